The first-order valence-corrected chi connectivity index (χ1v) is 10.7. The molecule has 0 fully saturated rings. The second kappa shape index (κ2) is 9.76. The molecule has 1 heterocycles. The molecular formula is C17H24N6O4S2. The van der Waals surface area contributed by atoms with Gasteiger partial charge in [-0.25, -0.2) is 12.7 Å². The van der Waals surface area contributed by atoms with Gasteiger partial charge >= 0.3 is 0 Å². The zero-order valence-corrected chi connectivity index (χ0v) is 18.1. The fourth-order valence-electron chi connectivity index (χ4n) is 2.51. The predicted molar refractivity (Wildman–Crippen MR) is 109 cm³/mol. The minimum absolute atomic E-state index is 0.00365. The normalized spacial score (nSPS) is 11.4. The highest BCUT2D eigenvalue weighted by Crippen LogP contribution is 2.14. The maximum absolute atomic E-state index is 12.3. The van der Waals surface area contributed by atoms with Gasteiger partial charge in [0.25, 0.3) is 5.91 Å². The second-order valence-corrected chi connectivity index (χ2v) is 8.83. The van der Waals surface area contributed by atoms with Crippen LogP contribution in [0.1, 0.15) is 23.1 Å². The van der Waals surface area contributed by atoms with Gasteiger partial charge in [-0.15, -0.1) is 0 Å². The monoisotopic (exact) mass is 440 g/mol. The van der Waals surface area contributed by atoms with E-state index in [2.05, 4.69) is 20.8 Å². The lowest BCUT2D eigenvalue weighted by Gasteiger charge is -2.12. The quantitative estimate of drug-likeness (QED) is 0.481. The molecular weight excluding hydrogens is 416 g/mol. The van der Waals surface area contributed by atoms with E-state index in [4.69, 9.17) is 12.2 Å². The van der Waals surface area contributed by atoms with Crippen molar-refractivity contribution < 1.29 is 18.0 Å². The van der Waals surface area contributed by atoms with E-state index in [1.165, 1.54) is 38.4 Å². The number of nitrogens with one attached hydrogen (secondary N) is 3. The van der Waals surface area contributed by atoms with Gasteiger partial charge in [0, 0.05) is 39.2 Å². The van der Waals surface area contributed by atoms with Crippen LogP contribution in [0.5, 0.6) is 0 Å². The van der Waals surface area contributed by atoms with E-state index in [-0.39, 0.29) is 22.9 Å². The largest absolute Gasteiger partial charge is 0.354 e. The van der Waals surface area contributed by atoms with E-state index in [0.29, 0.717) is 24.3 Å². The van der Waals surface area contributed by atoms with Crippen molar-refractivity contribution in [3.63, 3.8) is 0 Å². The number of hydrogen-bond donors (Lipinski definition) is 3. The Bertz CT molecular complexity index is 1040. The highest BCUT2D eigenvalue weighted by molar-refractivity contribution is 7.89. The van der Waals surface area contributed by atoms with Crippen molar-refractivity contribution in [1.29, 1.82) is 0 Å². The molecule has 1 aromatic heterocycles. The van der Waals surface area contributed by atoms with Crippen LogP contribution in [-0.4, -0.2) is 66.5 Å². The molecule has 0 aliphatic heterocycles. The third-order valence-corrected chi connectivity index (χ3v) is 6.23. The highest BCUT2D eigenvalue weighted by Gasteiger charge is 2.19. The topological polar surface area (TPSA) is 129 Å². The Morgan fingerprint density at radius 2 is 2.00 bits per heavy atom. The van der Waals surface area contributed by atoms with Crippen molar-refractivity contribution in [3.8, 4) is 0 Å². The third kappa shape index (κ3) is 5.71. The van der Waals surface area contributed by atoms with Crippen molar-refractivity contribution in [2.24, 2.45) is 0 Å². The zero-order chi connectivity index (χ0) is 21.6. The average Bonchev–Trinajstić information content (AvgIpc) is 3.05. The van der Waals surface area contributed by atoms with Gasteiger partial charge in [-0.1, -0.05) is 6.07 Å². The molecule has 0 bridgehead atoms. The first-order chi connectivity index (χ1) is 13.7. The molecule has 12 heteroatoms. The molecule has 0 radical (unpaired) electrons. The molecule has 0 unspecified atom stereocenters. The molecule has 1 aromatic carbocycles. The van der Waals surface area contributed by atoms with Gasteiger partial charge in [0.15, 0.2) is 4.77 Å². The molecule has 0 saturated heterocycles. The highest BCUT2D eigenvalue weighted by atomic mass is 32.2. The fourth-order valence-corrected chi connectivity index (χ4v) is 3.74. The summed E-state index contributed by atoms with van der Waals surface area (Å²) in [7, 11) is -0.831. The minimum Gasteiger partial charge on any atom is -0.354 e. The number of hydrogen-bond acceptors (Lipinski definition) is 6. The first-order valence-electron chi connectivity index (χ1n) is 8.88. The molecule has 3 N–H and O–H groups in total. The number of carbonyl (C=O) groups excluding carboxylic acids is 2. The molecule has 0 saturated carbocycles. The molecule has 2 rings (SSSR count). The Balaban J connectivity index is 1.87. The van der Waals surface area contributed by atoms with E-state index in [1.54, 1.807) is 0 Å². The van der Waals surface area contributed by atoms with Gasteiger partial charge in [-0.2, -0.15) is 5.10 Å². The standard InChI is InChI=1S/C17H24N6O4S2/c1-4-23-14(20-21-17(23)28)8-9-18-15(24)11-19-16(25)12-6-5-7-13(10-12)29(26,27)22(2)3/h5-7,10H,4,8-9,11H2,1-3H3,(H,18,24)(H,19,25)(H,21,28). The molecule has 158 valence electrons. The lowest BCUT2D eigenvalue weighted by Crippen LogP contribution is -2.38. The molecule has 2 amide bonds. The second-order valence-electron chi connectivity index (χ2n) is 6.29. The molecule has 0 aliphatic carbocycles. The molecule has 0 spiro atoms. The Morgan fingerprint density at radius 1 is 1.28 bits per heavy atom. The van der Waals surface area contributed by atoms with Crippen LogP contribution < -0.4 is 10.6 Å². The number of amides is 2. The molecule has 2 aromatic rings. The van der Waals surface area contributed by atoms with Gasteiger partial charge in [0.1, 0.15) is 5.82 Å². The van der Waals surface area contributed by atoms with E-state index in [1.807, 2.05) is 11.5 Å². The van der Waals surface area contributed by atoms with E-state index < -0.39 is 15.9 Å². The summed E-state index contributed by atoms with van der Waals surface area (Å²) in [4.78, 5) is 24.2. The number of H-pyrrole nitrogens is 1. The van der Waals surface area contributed by atoms with Crippen LogP contribution in [0.2, 0.25) is 0 Å². The van der Waals surface area contributed by atoms with Crippen molar-refractivity contribution >= 4 is 34.1 Å². The van der Waals surface area contributed by atoms with Crippen LogP contribution in [0.3, 0.4) is 0 Å². The number of carbonyl (C=O) groups is 2. The summed E-state index contributed by atoms with van der Waals surface area (Å²) < 4.78 is 27.8. The van der Waals surface area contributed by atoms with Crippen LogP contribution in [0, 0.1) is 4.77 Å². The lowest BCUT2D eigenvalue weighted by atomic mass is 10.2. The van der Waals surface area contributed by atoms with Crippen LogP contribution in [0.15, 0.2) is 29.2 Å². The summed E-state index contributed by atoms with van der Waals surface area (Å²) in [5.74, 6) is -0.170. The number of rotatable bonds is 9. The third-order valence-electron chi connectivity index (χ3n) is 4.11. The van der Waals surface area contributed by atoms with Gasteiger partial charge < -0.3 is 15.2 Å². The van der Waals surface area contributed by atoms with Gasteiger partial charge in [-0.3, -0.25) is 14.7 Å². The lowest BCUT2D eigenvalue weighted by molar-refractivity contribution is -0.120. The number of aromatic amines is 1. The van der Waals surface area contributed by atoms with E-state index >= 15 is 0 Å². The maximum Gasteiger partial charge on any atom is 0.251 e. The first kappa shape index (κ1) is 22.7. The van der Waals surface area contributed by atoms with Crippen molar-refractivity contribution in [2.75, 3.05) is 27.2 Å². The SMILES string of the molecule is CCn1c(CCNC(=O)CNC(=O)c2cccc(S(=O)(=O)N(C)C)c2)n[nH]c1=S. The number of benzene rings is 1. The summed E-state index contributed by atoms with van der Waals surface area (Å²) in [5.41, 5.74) is 0.152. The van der Waals surface area contributed by atoms with Gasteiger partial charge in [-0.05, 0) is 37.3 Å². The Hall–Kier alpha value is -2.57. The van der Waals surface area contributed by atoms with Gasteiger partial charge in [0.05, 0.1) is 11.4 Å². The number of aromatic nitrogens is 3. The van der Waals surface area contributed by atoms with Crippen molar-refractivity contribution in [2.45, 2.75) is 24.8 Å². The summed E-state index contributed by atoms with van der Waals surface area (Å²) in [5, 5.41) is 12.0. The molecule has 29 heavy (non-hydrogen) atoms. The molecule has 0 aliphatic rings. The van der Waals surface area contributed by atoms with Crippen LogP contribution in [0.4, 0.5) is 0 Å². The molecule has 10 nitrogen and oxygen atoms in total. The number of sulfonamides is 1. The smallest absolute Gasteiger partial charge is 0.251 e. The summed E-state index contributed by atoms with van der Waals surface area (Å²) in [6.45, 7) is 2.73. The number of nitrogens with zero attached hydrogens (tertiary/aromatic N) is 3. The summed E-state index contributed by atoms with van der Waals surface area (Å²) >= 11 is 5.11. The summed E-state index contributed by atoms with van der Waals surface area (Å²) in [6.07, 6.45) is 0.491. The Labute approximate surface area is 174 Å². The predicted octanol–water partition coefficient (Wildman–Crippen LogP) is 0.300. The maximum atomic E-state index is 12.3. The zero-order valence-electron chi connectivity index (χ0n) is 16.4. The average molecular weight is 441 g/mol. The summed E-state index contributed by atoms with van der Waals surface area (Å²) in [6, 6.07) is 5.64. The van der Waals surface area contributed by atoms with Crippen LogP contribution in [0.25, 0.3) is 0 Å². The van der Waals surface area contributed by atoms with Crippen molar-refractivity contribution in [1.82, 2.24) is 29.7 Å². The van der Waals surface area contributed by atoms with Crippen LogP contribution in [-0.2, 0) is 27.8 Å². The van der Waals surface area contributed by atoms with E-state index in [0.717, 1.165) is 10.1 Å². The van der Waals surface area contributed by atoms with E-state index in [9.17, 15) is 18.0 Å². The minimum atomic E-state index is -3.65. The van der Waals surface area contributed by atoms with Gasteiger partial charge in [0.2, 0.25) is 15.9 Å². The Morgan fingerprint density at radius 3 is 2.66 bits per heavy atom. The van der Waals surface area contributed by atoms with Crippen molar-refractivity contribution in [3.05, 3.63) is 40.4 Å². The Kier molecular flexibility index (Phi) is 7.65. The fraction of sp³-hybridized carbons (Fsp3) is 0.412. The molecule has 0 atom stereocenters. The van der Waals surface area contributed by atoms with Crippen LogP contribution >= 0.6 is 12.2 Å².